The Kier molecular flexibility index (Phi) is 7.49. The maximum atomic E-state index is 12.4. The van der Waals surface area contributed by atoms with Crippen LogP contribution in [0.1, 0.15) is 16.7 Å². The van der Waals surface area contributed by atoms with Crippen LogP contribution in [0.3, 0.4) is 0 Å². The molecule has 4 rings (SSSR count). The number of hydrazone groups is 1. The van der Waals surface area contributed by atoms with E-state index in [1.165, 1.54) is 22.9 Å². The number of nitrogens with zero attached hydrogens (tertiary/aromatic N) is 3. The molecule has 1 aromatic heterocycles. The van der Waals surface area contributed by atoms with Crippen molar-refractivity contribution in [3.8, 4) is 11.5 Å². The molecule has 0 bridgehead atoms. The minimum Gasteiger partial charge on any atom is -0.493 e. The van der Waals surface area contributed by atoms with Crippen molar-refractivity contribution in [2.45, 2.75) is 18.6 Å². The Morgan fingerprint density at radius 2 is 1.82 bits per heavy atom. The van der Waals surface area contributed by atoms with Gasteiger partial charge in [-0.2, -0.15) is 5.10 Å². The van der Waals surface area contributed by atoms with Gasteiger partial charge in [-0.05, 0) is 48.4 Å². The molecule has 3 aromatic carbocycles. The van der Waals surface area contributed by atoms with E-state index < -0.39 is 0 Å². The van der Waals surface area contributed by atoms with Crippen molar-refractivity contribution in [1.82, 2.24) is 15.0 Å². The zero-order chi connectivity index (χ0) is 23.9. The summed E-state index contributed by atoms with van der Waals surface area (Å²) >= 11 is 1.39. The first-order valence-corrected chi connectivity index (χ1v) is 11.7. The third kappa shape index (κ3) is 5.58. The number of hydrogen-bond acceptors (Lipinski definition) is 6. The number of amides is 1. The van der Waals surface area contributed by atoms with Crippen molar-refractivity contribution < 1.29 is 14.3 Å². The zero-order valence-corrected chi connectivity index (χ0v) is 20.1. The molecule has 0 saturated carbocycles. The standard InChI is InChI=1S/C26H26N4O3S/c1-18-8-10-19(11-9-18)16-30-22-7-5-4-6-21(22)28-26(30)34-17-25(31)29-27-15-20-12-13-23(32-2)24(14-20)33-3/h4-15H,16-17H2,1-3H3,(H,29,31)/b27-15-. The largest absolute Gasteiger partial charge is 0.493 e. The summed E-state index contributed by atoms with van der Waals surface area (Å²) in [6.07, 6.45) is 1.57. The molecule has 174 valence electrons. The predicted octanol–water partition coefficient (Wildman–Crippen LogP) is 4.65. The fraction of sp³-hybridized carbons (Fsp3) is 0.192. The summed E-state index contributed by atoms with van der Waals surface area (Å²) in [7, 11) is 3.16. The number of benzene rings is 3. The molecule has 0 radical (unpaired) electrons. The Hall–Kier alpha value is -3.78. The third-order valence-corrected chi connectivity index (χ3v) is 6.20. The lowest BCUT2D eigenvalue weighted by molar-refractivity contribution is -0.118. The van der Waals surface area contributed by atoms with Crippen LogP contribution in [0.2, 0.25) is 0 Å². The van der Waals surface area contributed by atoms with Crippen molar-refractivity contribution in [2.24, 2.45) is 5.10 Å². The minimum absolute atomic E-state index is 0.195. The highest BCUT2D eigenvalue weighted by Crippen LogP contribution is 2.27. The van der Waals surface area contributed by atoms with Gasteiger partial charge in [0.05, 0.1) is 43.8 Å². The Morgan fingerprint density at radius 1 is 1.06 bits per heavy atom. The molecule has 1 N–H and O–H groups in total. The summed E-state index contributed by atoms with van der Waals surface area (Å²) in [6.45, 7) is 2.76. The van der Waals surface area contributed by atoms with Crippen LogP contribution in [0, 0.1) is 6.92 Å². The molecule has 1 heterocycles. The molecule has 7 nitrogen and oxygen atoms in total. The molecule has 0 aliphatic heterocycles. The molecule has 0 spiro atoms. The quantitative estimate of drug-likeness (QED) is 0.217. The van der Waals surface area contributed by atoms with Gasteiger partial charge in [-0.1, -0.05) is 53.7 Å². The fourth-order valence-corrected chi connectivity index (χ4v) is 4.27. The van der Waals surface area contributed by atoms with E-state index in [1.54, 1.807) is 32.6 Å². The summed E-state index contributed by atoms with van der Waals surface area (Å²) < 4.78 is 12.7. The molecular formula is C26H26N4O3S. The monoisotopic (exact) mass is 474 g/mol. The molecule has 0 aliphatic carbocycles. The molecular weight excluding hydrogens is 448 g/mol. The van der Waals surface area contributed by atoms with E-state index in [4.69, 9.17) is 14.5 Å². The number of fused-ring (bicyclic) bond motifs is 1. The van der Waals surface area contributed by atoms with E-state index in [-0.39, 0.29) is 11.7 Å². The molecule has 0 saturated heterocycles. The number of aryl methyl sites for hydroxylation is 1. The van der Waals surface area contributed by atoms with E-state index in [1.807, 2.05) is 30.3 Å². The van der Waals surface area contributed by atoms with Crippen LogP contribution in [0.15, 0.2) is 77.0 Å². The SMILES string of the molecule is COc1ccc(/C=N\NC(=O)CSc2nc3ccccc3n2Cc2ccc(C)cc2)cc1OC. The number of nitrogens with one attached hydrogen (secondary N) is 1. The third-order valence-electron chi connectivity index (χ3n) is 5.22. The van der Waals surface area contributed by atoms with Crippen LogP contribution in [0.5, 0.6) is 11.5 Å². The average molecular weight is 475 g/mol. The lowest BCUT2D eigenvalue weighted by Gasteiger charge is -2.09. The highest BCUT2D eigenvalue weighted by molar-refractivity contribution is 7.99. The molecule has 8 heteroatoms. The van der Waals surface area contributed by atoms with Gasteiger partial charge in [0.15, 0.2) is 16.7 Å². The maximum absolute atomic E-state index is 12.4. The van der Waals surface area contributed by atoms with Gasteiger partial charge in [-0.3, -0.25) is 4.79 Å². The van der Waals surface area contributed by atoms with Crippen molar-refractivity contribution in [3.63, 3.8) is 0 Å². The van der Waals surface area contributed by atoms with Crippen molar-refractivity contribution in [2.75, 3.05) is 20.0 Å². The van der Waals surface area contributed by atoms with Crippen LogP contribution in [0.25, 0.3) is 11.0 Å². The number of thioether (sulfide) groups is 1. The van der Waals surface area contributed by atoms with Gasteiger partial charge in [0, 0.05) is 0 Å². The molecule has 0 aliphatic rings. The summed E-state index contributed by atoms with van der Waals surface area (Å²) in [5.74, 6) is 1.21. The Bertz CT molecular complexity index is 1320. The topological polar surface area (TPSA) is 77.7 Å². The predicted molar refractivity (Wildman–Crippen MR) is 136 cm³/mol. The summed E-state index contributed by atoms with van der Waals surface area (Å²) in [5, 5.41) is 4.86. The number of methoxy groups -OCH3 is 2. The van der Waals surface area contributed by atoms with Crippen molar-refractivity contribution in [1.29, 1.82) is 0 Å². The van der Waals surface area contributed by atoms with Crippen LogP contribution >= 0.6 is 11.8 Å². The Balaban J connectivity index is 1.42. The second-order valence-corrected chi connectivity index (χ2v) is 8.59. The lowest BCUT2D eigenvalue weighted by Crippen LogP contribution is -2.20. The van der Waals surface area contributed by atoms with E-state index in [0.717, 1.165) is 21.8 Å². The first-order valence-electron chi connectivity index (χ1n) is 10.7. The number of ether oxygens (including phenoxy) is 2. The molecule has 0 unspecified atom stereocenters. The smallest absolute Gasteiger partial charge is 0.250 e. The minimum atomic E-state index is -0.212. The number of aromatic nitrogens is 2. The first-order chi connectivity index (χ1) is 16.6. The summed E-state index contributed by atoms with van der Waals surface area (Å²) in [6, 6.07) is 21.9. The number of para-hydroxylation sites is 2. The molecule has 4 aromatic rings. The average Bonchev–Trinajstić information content (AvgIpc) is 3.21. The van der Waals surface area contributed by atoms with Gasteiger partial charge >= 0.3 is 0 Å². The summed E-state index contributed by atoms with van der Waals surface area (Å²) in [4.78, 5) is 17.2. The van der Waals surface area contributed by atoms with E-state index in [2.05, 4.69) is 46.3 Å². The van der Waals surface area contributed by atoms with E-state index >= 15 is 0 Å². The van der Waals surface area contributed by atoms with Gasteiger partial charge in [-0.25, -0.2) is 10.4 Å². The zero-order valence-electron chi connectivity index (χ0n) is 19.3. The van der Waals surface area contributed by atoms with Crippen LogP contribution in [-0.4, -0.2) is 41.6 Å². The number of imidazole rings is 1. The maximum Gasteiger partial charge on any atom is 0.250 e. The number of carbonyl (C=O) groups is 1. The van der Waals surface area contributed by atoms with Gasteiger partial charge in [0.1, 0.15) is 0 Å². The highest BCUT2D eigenvalue weighted by Gasteiger charge is 2.13. The number of rotatable bonds is 9. The van der Waals surface area contributed by atoms with Gasteiger partial charge < -0.3 is 14.0 Å². The van der Waals surface area contributed by atoms with Gasteiger partial charge in [0.2, 0.25) is 0 Å². The van der Waals surface area contributed by atoms with Crippen LogP contribution < -0.4 is 14.9 Å². The molecule has 0 atom stereocenters. The Labute approximate surface area is 202 Å². The molecule has 0 fully saturated rings. The van der Waals surface area contributed by atoms with E-state index in [9.17, 15) is 4.79 Å². The summed E-state index contributed by atoms with van der Waals surface area (Å²) in [5.41, 5.74) is 7.71. The van der Waals surface area contributed by atoms with Crippen LogP contribution in [-0.2, 0) is 11.3 Å². The second kappa shape index (κ2) is 10.9. The Morgan fingerprint density at radius 3 is 2.59 bits per heavy atom. The second-order valence-electron chi connectivity index (χ2n) is 7.65. The van der Waals surface area contributed by atoms with Gasteiger partial charge in [0.25, 0.3) is 5.91 Å². The molecule has 1 amide bonds. The van der Waals surface area contributed by atoms with E-state index in [0.29, 0.717) is 18.0 Å². The van der Waals surface area contributed by atoms with Crippen molar-refractivity contribution in [3.05, 3.63) is 83.4 Å². The van der Waals surface area contributed by atoms with Crippen LogP contribution in [0.4, 0.5) is 0 Å². The highest BCUT2D eigenvalue weighted by atomic mass is 32.2. The first kappa shape index (κ1) is 23.4. The van der Waals surface area contributed by atoms with Gasteiger partial charge in [-0.15, -0.1) is 0 Å². The normalized spacial score (nSPS) is 11.1. The lowest BCUT2D eigenvalue weighted by atomic mass is 10.1. The number of hydrogen-bond donors (Lipinski definition) is 1. The fourth-order valence-electron chi connectivity index (χ4n) is 3.47. The van der Waals surface area contributed by atoms with Crippen molar-refractivity contribution >= 4 is 34.9 Å². The number of carbonyl (C=O) groups excluding carboxylic acids is 1. The molecule has 34 heavy (non-hydrogen) atoms.